The summed E-state index contributed by atoms with van der Waals surface area (Å²) in [6, 6.07) is 0.675. The smallest absolute Gasteiger partial charge is 0.223 e. The Labute approximate surface area is 123 Å². The highest BCUT2D eigenvalue weighted by atomic mass is 35.5. The molecule has 0 aromatic heterocycles. The minimum absolute atomic E-state index is 0. The van der Waals surface area contributed by atoms with Gasteiger partial charge in [0.25, 0.3) is 0 Å². The van der Waals surface area contributed by atoms with E-state index < -0.39 is 0 Å². The molecular formula is C15H29ClN2O. The molecule has 1 amide bonds. The van der Waals surface area contributed by atoms with Crippen molar-refractivity contribution < 1.29 is 4.79 Å². The number of likely N-dealkylation sites (tertiary alicyclic amines) is 1. The van der Waals surface area contributed by atoms with Gasteiger partial charge in [0, 0.05) is 25.0 Å². The van der Waals surface area contributed by atoms with Crippen LogP contribution in [0.3, 0.4) is 0 Å². The first-order valence-corrected chi connectivity index (χ1v) is 7.63. The minimum atomic E-state index is 0. The lowest BCUT2D eigenvalue weighted by molar-refractivity contribution is -0.136. The van der Waals surface area contributed by atoms with Crippen LogP contribution in [0.2, 0.25) is 0 Å². The van der Waals surface area contributed by atoms with Gasteiger partial charge in [0.15, 0.2) is 0 Å². The highest BCUT2D eigenvalue weighted by Crippen LogP contribution is 2.28. The zero-order chi connectivity index (χ0) is 13.1. The zero-order valence-corrected chi connectivity index (χ0v) is 13.1. The second-order valence-electron chi connectivity index (χ2n) is 6.49. The molecule has 4 unspecified atom stereocenters. The maximum atomic E-state index is 12.4. The van der Waals surface area contributed by atoms with E-state index in [0.29, 0.717) is 30.2 Å². The molecule has 1 heterocycles. The largest absolute Gasteiger partial charge is 0.340 e. The molecule has 2 rings (SSSR count). The SMILES string of the molecule is CC1CCC(C)N(C(=O)CC2CCCCC2N)C1.Cl. The third-order valence-corrected chi connectivity index (χ3v) is 4.84. The van der Waals surface area contributed by atoms with Crippen molar-refractivity contribution in [1.82, 2.24) is 4.90 Å². The van der Waals surface area contributed by atoms with E-state index in [0.717, 1.165) is 25.8 Å². The number of hydrogen-bond donors (Lipinski definition) is 1. The van der Waals surface area contributed by atoms with E-state index in [1.165, 1.54) is 19.3 Å². The van der Waals surface area contributed by atoms with E-state index >= 15 is 0 Å². The highest BCUT2D eigenvalue weighted by Gasteiger charge is 2.30. The van der Waals surface area contributed by atoms with Gasteiger partial charge in [-0.3, -0.25) is 4.79 Å². The van der Waals surface area contributed by atoms with E-state index in [1.54, 1.807) is 0 Å². The van der Waals surface area contributed by atoms with Crippen molar-refractivity contribution in [2.45, 2.75) is 70.9 Å². The van der Waals surface area contributed by atoms with Crippen LogP contribution in [0, 0.1) is 11.8 Å². The minimum Gasteiger partial charge on any atom is -0.340 e. The van der Waals surface area contributed by atoms with Gasteiger partial charge in [-0.05, 0) is 44.4 Å². The molecule has 4 heteroatoms. The Morgan fingerprint density at radius 3 is 2.53 bits per heavy atom. The van der Waals surface area contributed by atoms with Crippen molar-refractivity contribution in [3.05, 3.63) is 0 Å². The fourth-order valence-electron chi connectivity index (χ4n) is 3.47. The summed E-state index contributed by atoms with van der Waals surface area (Å²) in [5, 5.41) is 0. The Balaban J connectivity index is 0.00000180. The monoisotopic (exact) mass is 288 g/mol. The molecule has 2 N–H and O–H groups in total. The molecule has 4 atom stereocenters. The molecule has 2 fully saturated rings. The third kappa shape index (κ3) is 4.35. The summed E-state index contributed by atoms with van der Waals surface area (Å²) in [7, 11) is 0. The summed E-state index contributed by atoms with van der Waals surface area (Å²) < 4.78 is 0. The second-order valence-corrected chi connectivity index (χ2v) is 6.49. The molecule has 112 valence electrons. The number of halogens is 1. The molecule has 0 bridgehead atoms. The molecule has 1 saturated carbocycles. The molecule has 19 heavy (non-hydrogen) atoms. The quantitative estimate of drug-likeness (QED) is 0.849. The maximum Gasteiger partial charge on any atom is 0.223 e. The van der Waals surface area contributed by atoms with Crippen LogP contribution in [0.25, 0.3) is 0 Å². The summed E-state index contributed by atoms with van der Waals surface area (Å²) in [5.41, 5.74) is 6.15. The Kier molecular flexibility index (Phi) is 6.61. The van der Waals surface area contributed by atoms with Gasteiger partial charge >= 0.3 is 0 Å². The Bertz CT molecular complexity index is 298. The molecule has 0 radical (unpaired) electrons. The summed E-state index contributed by atoms with van der Waals surface area (Å²) in [6.45, 7) is 5.38. The van der Waals surface area contributed by atoms with E-state index in [1.807, 2.05) is 0 Å². The number of piperidine rings is 1. The first-order chi connectivity index (χ1) is 8.58. The summed E-state index contributed by atoms with van der Waals surface area (Å²) in [5.74, 6) is 1.43. The molecule has 0 aromatic rings. The first-order valence-electron chi connectivity index (χ1n) is 7.63. The zero-order valence-electron chi connectivity index (χ0n) is 12.3. The number of carbonyl (C=O) groups excluding carboxylic acids is 1. The van der Waals surface area contributed by atoms with E-state index in [4.69, 9.17) is 5.73 Å². The highest BCUT2D eigenvalue weighted by molar-refractivity contribution is 5.85. The molecule has 0 spiro atoms. The van der Waals surface area contributed by atoms with E-state index in [-0.39, 0.29) is 18.4 Å². The van der Waals surface area contributed by atoms with Crippen molar-refractivity contribution in [3.8, 4) is 0 Å². The Hall–Kier alpha value is -0.280. The molecular weight excluding hydrogens is 260 g/mol. The van der Waals surface area contributed by atoms with Crippen molar-refractivity contribution in [2.24, 2.45) is 17.6 Å². The summed E-state index contributed by atoms with van der Waals surface area (Å²) in [6.07, 6.45) is 7.82. The predicted octanol–water partition coefficient (Wildman–Crippen LogP) is 2.96. The number of rotatable bonds is 2. The van der Waals surface area contributed by atoms with Crippen molar-refractivity contribution in [1.29, 1.82) is 0 Å². The van der Waals surface area contributed by atoms with Crippen molar-refractivity contribution in [3.63, 3.8) is 0 Å². The standard InChI is InChI=1S/C15H28N2O.ClH/c1-11-7-8-12(2)17(10-11)15(18)9-13-5-3-4-6-14(13)16;/h11-14H,3-10,16H2,1-2H3;1H. The number of amides is 1. The Morgan fingerprint density at radius 1 is 1.16 bits per heavy atom. The lowest BCUT2D eigenvalue weighted by Gasteiger charge is -2.38. The number of carbonyl (C=O) groups is 1. The number of hydrogen-bond acceptors (Lipinski definition) is 2. The van der Waals surface area contributed by atoms with Gasteiger partial charge in [-0.15, -0.1) is 12.4 Å². The molecule has 1 aliphatic carbocycles. The van der Waals surface area contributed by atoms with Crippen LogP contribution < -0.4 is 5.73 Å². The van der Waals surface area contributed by atoms with Gasteiger partial charge in [-0.25, -0.2) is 0 Å². The van der Waals surface area contributed by atoms with Gasteiger partial charge in [0.2, 0.25) is 5.91 Å². The number of nitrogens with zero attached hydrogens (tertiary/aromatic N) is 1. The van der Waals surface area contributed by atoms with E-state index in [9.17, 15) is 4.79 Å². The van der Waals surface area contributed by atoms with Crippen molar-refractivity contribution >= 4 is 18.3 Å². The van der Waals surface area contributed by atoms with Crippen molar-refractivity contribution in [2.75, 3.05) is 6.54 Å². The van der Waals surface area contributed by atoms with E-state index in [2.05, 4.69) is 18.7 Å². The van der Waals surface area contributed by atoms with Gasteiger partial charge in [0.05, 0.1) is 0 Å². The summed E-state index contributed by atoms with van der Waals surface area (Å²) in [4.78, 5) is 14.5. The lowest BCUT2D eigenvalue weighted by atomic mass is 9.82. The fraction of sp³-hybridized carbons (Fsp3) is 0.933. The van der Waals surface area contributed by atoms with Gasteiger partial charge in [-0.2, -0.15) is 0 Å². The predicted molar refractivity (Wildman–Crippen MR) is 81.4 cm³/mol. The molecule has 3 nitrogen and oxygen atoms in total. The van der Waals surface area contributed by atoms with Crippen LogP contribution in [-0.4, -0.2) is 29.4 Å². The number of nitrogens with two attached hydrogens (primary N) is 1. The van der Waals surface area contributed by atoms with Crippen LogP contribution in [0.1, 0.15) is 58.8 Å². The third-order valence-electron chi connectivity index (χ3n) is 4.84. The molecule has 1 saturated heterocycles. The fourth-order valence-corrected chi connectivity index (χ4v) is 3.47. The molecule has 1 aliphatic heterocycles. The van der Waals surface area contributed by atoms with Crippen LogP contribution >= 0.6 is 12.4 Å². The summed E-state index contributed by atoms with van der Waals surface area (Å²) >= 11 is 0. The van der Waals surface area contributed by atoms with Crippen LogP contribution in [0.15, 0.2) is 0 Å². The normalized spacial score (nSPS) is 35.6. The second kappa shape index (κ2) is 7.49. The van der Waals surface area contributed by atoms with Gasteiger partial charge in [-0.1, -0.05) is 19.8 Å². The van der Waals surface area contributed by atoms with Crippen LogP contribution in [-0.2, 0) is 4.79 Å². The van der Waals surface area contributed by atoms with Gasteiger partial charge < -0.3 is 10.6 Å². The topological polar surface area (TPSA) is 46.3 Å². The molecule has 2 aliphatic rings. The Morgan fingerprint density at radius 2 is 1.84 bits per heavy atom. The maximum absolute atomic E-state index is 12.4. The van der Waals surface area contributed by atoms with Crippen LogP contribution in [0.4, 0.5) is 0 Å². The van der Waals surface area contributed by atoms with Crippen LogP contribution in [0.5, 0.6) is 0 Å². The average molecular weight is 289 g/mol. The lowest BCUT2D eigenvalue weighted by Crippen LogP contribution is -2.46. The first kappa shape index (κ1) is 16.8. The average Bonchev–Trinajstić information content (AvgIpc) is 2.35. The molecule has 0 aromatic carbocycles. The van der Waals surface area contributed by atoms with Gasteiger partial charge in [0.1, 0.15) is 0 Å².